The van der Waals surface area contributed by atoms with Crippen LogP contribution in [0, 0.1) is 11.3 Å². The van der Waals surface area contributed by atoms with Crippen molar-refractivity contribution in [3.8, 4) is 28.7 Å². The van der Waals surface area contributed by atoms with Gasteiger partial charge in [0.2, 0.25) is 0 Å². The first-order valence-corrected chi connectivity index (χ1v) is 9.71. The number of nitriles is 1. The van der Waals surface area contributed by atoms with Crippen LogP contribution in [0.15, 0.2) is 82.0 Å². The standard InChI is InChI=1S/C25H18N2O5/c1-30-19-7-5-17(6-8-19)22-13-25(29)32-23-12-20(9-10-21(22)23)31-15-24(28)27-18-4-2-3-16(11-18)14-26/h2-13H,15H2,1H3,(H,27,28). The fraction of sp³-hybridized carbons (Fsp3) is 0.0800. The number of amides is 1. The normalized spacial score (nSPS) is 10.4. The molecule has 1 aromatic heterocycles. The van der Waals surface area contributed by atoms with Gasteiger partial charge >= 0.3 is 5.63 Å². The zero-order valence-electron chi connectivity index (χ0n) is 17.1. The highest BCUT2D eigenvalue weighted by Gasteiger charge is 2.11. The lowest BCUT2D eigenvalue weighted by molar-refractivity contribution is -0.118. The molecule has 0 saturated heterocycles. The molecule has 4 aromatic rings. The Morgan fingerprint density at radius 3 is 2.56 bits per heavy atom. The number of nitrogens with zero attached hydrogens (tertiary/aromatic N) is 1. The number of anilines is 1. The van der Waals surface area contributed by atoms with Gasteiger partial charge in [0, 0.05) is 23.2 Å². The summed E-state index contributed by atoms with van der Waals surface area (Å²) < 4.78 is 16.1. The number of carbonyl (C=O) groups excluding carboxylic acids is 1. The largest absolute Gasteiger partial charge is 0.497 e. The van der Waals surface area contributed by atoms with E-state index in [1.165, 1.54) is 6.07 Å². The van der Waals surface area contributed by atoms with Gasteiger partial charge in [-0.25, -0.2) is 4.79 Å². The molecule has 158 valence electrons. The van der Waals surface area contributed by atoms with Gasteiger partial charge in [-0.3, -0.25) is 4.79 Å². The van der Waals surface area contributed by atoms with E-state index in [0.29, 0.717) is 28.3 Å². The van der Waals surface area contributed by atoms with E-state index in [1.807, 2.05) is 30.3 Å². The molecule has 0 atom stereocenters. The number of benzene rings is 3. The minimum absolute atomic E-state index is 0.245. The summed E-state index contributed by atoms with van der Waals surface area (Å²) in [5.41, 5.74) is 2.38. The van der Waals surface area contributed by atoms with E-state index in [4.69, 9.17) is 19.2 Å². The highest BCUT2D eigenvalue weighted by molar-refractivity contribution is 5.94. The summed E-state index contributed by atoms with van der Waals surface area (Å²) in [5, 5.41) is 12.4. The lowest BCUT2D eigenvalue weighted by Crippen LogP contribution is -2.20. The van der Waals surface area contributed by atoms with Crippen LogP contribution in [0.25, 0.3) is 22.1 Å². The van der Waals surface area contributed by atoms with Gasteiger partial charge in [-0.15, -0.1) is 0 Å². The Labute approximate surface area is 183 Å². The second-order valence-corrected chi connectivity index (χ2v) is 6.90. The summed E-state index contributed by atoms with van der Waals surface area (Å²) in [5.74, 6) is 0.719. The summed E-state index contributed by atoms with van der Waals surface area (Å²) in [6.07, 6.45) is 0. The van der Waals surface area contributed by atoms with Crippen molar-refractivity contribution in [3.05, 3.63) is 88.8 Å². The smallest absolute Gasteiger partial charge is 0.336 e. The van der Waals surface area contributed by atoms with E-state index in [2.05, 4.69) is 5.32 Å². The fourth-order valence-electron chi connectivity index (χ4n) is 3.25. The van der Waals surface area contributed by atoms with Gasteiger partial charge in [0.05, 0.1) is 18.7 Å². The van der Waals surface area contributed by atoms with E-state index in [1.54, 1.807) is 49.6 Å². The molecule has 7 heteroatoms. The van der Waals surface area contributed by atoms with E-state index in [9.17, 15) is 9.59 Å². The van der Waals surface area contributed by atoms with Crippen molar-refractivity contribution in [2.75, 3.05) is 19.0 Å². The van der Waals surface area contributed by atoms with Crippen LogP contribution < -0.4 is 20.4 Å². The van der Waals surface area contributed by atoms with Crippen LogP contribution >= 0.6 is 0 Å². The number of fused-ring (bicyclic) bond motifs is 1. The molecule has 1 N–H and O–H groups in total. The third kappa shape index (κ3) is 4.60. The van der Waals surface area contributed by atoms with Crippen LogP contribution in [-0.4, -0.2) is 19.6 Å². The number of ether oxygens (including phenoxy) is 2. The maximum Gasteiger partial charge on any atom is 0.336 e. The van der Waals surface area contributed by atoms with Crippen molar-refractivity contribution in [1.82, 2.24) is 0 Å². The summed E-state index contributed by atoms with van der Waals surface area (Å²) in [4.78, 5) is 24.3. The minimum atomic E-state index is -0.490. The Morgan fingerprint density at radius 1 is 1.03 bits per heavy atom. The highest BCUT2D eigenvalue weighted by Crippen LogP contribution is 2.30. The van der Waals surface area contributed by atoms with Gasteiger partial charge < -0.3 is 19.2 Å². The van der Waals surface area contributed by atoms with Crippen molar-refractivity contribution >= 4 is 22.6 Å². The molecular formula is C25H18N2O5. The molecule has 1 heterocycles. The van der Waals surface area contributed by atoms with Gasteiger partial charge in [0.15, 0.2) is 6.61 Å². The lowest BCUT2D eigenvalue weighted by atomic mass is 10.0. The maximum absolute atomic E-state index is 12.2. The van der Waals surface area contributed by atoms with Crippen molar-refractivity contribution in [3.63, 3.8) is 0 Å². The minimum Gasteiger partial charge on any atom is -0.497 e. The highest BCUT2D eigenvalue weighted by atomic mass is 16.5. The summed E-state index contributed by atoms with van der Waals surface area (Å²) in [6.45, 7) is -0.245. The van der Waals surface area contributed by atoms with Crippen molar-refractivity contribution in [2.24, 2.45) is 0 Å². The number of methoxy groups -OCH3 is 1. The molecule has 0 saturated carbocycles. The molecule has 0 bridgehead atoms. The molecule has 0 fully saturated rings. The predicted octanol–water partition coefficient (Wildman–Crippen LogP) is 4.36. The van der Waals surface area contributed by atoms with Gasteiger partial charge in [-0.2, -0.15) is 5.26 Å². The quantitative estimate of drug-likeness (QED) is 0.460. The molecule has 0 aliphatic heterocycles. The first kappa shape index (κ1) is 20.7. The van der Waals surface area contributed by atoms with Crippen LogP contribution in [0.3, 0.4) is 0 Å². The van der Waals surface area contributed by atoms with Gasteiger partial charge in [0.25, 0.3) is 5.91 Å². The van der Waals surface area contributed by atoms with Crippen LogP contribution in [-0.2, 0) is 4.79 Å². The molecule has 0 aliphatic rings. The summed E-state index contributed by atoms with van der Waals surface area (Å²) in [7, 11) is 1.59. The third-order valence-corrected chi connectivity index (χ3v) is 4.76. The number of hydrogen-bond donors (Lipinski definition) is 1. The molecule has 3 aromatic carbocycles. The Bertz CT molecular complexity index is 1380. The lowest BCUT2D eigenvalue weighted by Gasteiger charge is -2.10. The van der Waals surface area contributed by atoms with Crippen LogP contribution in [0.5, 0.6) is 11.5 Å². The number of hydrogen-bond acceptors (Lipinski definition) is 6. The first-order valence-electron chi connectivity index (χ1n) is 9.71. The second kappa shape index (κ2) is 9.06. The molecule has 0 unspecified atom stereocenters. The van der Waals surface area contributed by atoms with Crippen LogP contribution in [0.2, 0.25) is 0 Å². The number of nitrogens with one attached hydrogen (secondary N) is 1. The van der Waals surface area contributed by atoms with Gasteiger partial charge in [0.1, 0.15) is 17.1 Å². The summed E-state index contributed by atoms with van der Waals surface area (Å²) >= 11 is 0. The Kier molecular flexibility index (Phi) is 5.86. The predicted molar refractivity (Wildman–Crippen MR) is 120 cm³/mol. The zero-order chi connectivity index (χ0) is 22.5. The molecule has 0 spiro atoms. The SMILES string of the molecule is COc1ccc(-c2cc(=O)oc3cc(OCC(=O)Nc4cccc(C#N)c4)ccc23)cc1. The Hall–Kier alpha value is -4.57. The fourth-order valence-corrected chi connectivity index (χ4v) is 3.25. The van der Waals surface area contributed by atoms with Crippen LogP contribution in [0.4, 0.5) is 5.69 Å². The van der Waals surface area contributed by atoms with E-state index >= 15 is 0 Å². The van der Waals surface area contributed by atoms with E-state index in [0.717, 1.165) is 16.5 Å². The first-order chi connectivity index (χ1) is 15.6. The van der Waals surface area contributed by atoms with Crippen molar-refractivity contribution in [1.29, 1.82) is 5.26 Å². The molecule has 0 radical (unpaired) electrons. The van der Waals surface area contributed by atoms with Crippen molar-refractivity contribution in [2.45, 2.75) is 0 Å². The van der Waals surface area contributed by atoms with E-state index < -0.39 is 5.63 Å². The molecule has 32 heavy (non-hydrogen) atoms. The average Bonchev–Trinajstić information content (AvgIpc) is 2.82. The molecule has 4 rings (SSSR count). The zero-order valence-corrected chi connectivity index (χ0v) is 17.1. The molecule has 1 amide bonds. The van der Waals surface area contributed by atoms with Gasteiger partial charge in [-0.05, 0) is 53.6 Å². The number of carbonyl (C=O) groups is 1. The Balaban J connectivity index is 1.52. The maximum atomic E-state index is 12.2. The van der Waals surface area contributed by atoms with Crippen LogP contribution in [0.1, 0.15) is 5.56 Å². The van der Waals surface area contributed by atoms with Gasteiger partial charge in [-0.1, -0.05) is 18.2 Å². The summed E-state index contributed by atoms with van der Waals surface area (Å²) in [6, 6.07) is 22.5. The van der Waals surface area contributed by atoms with E-state index in [-0.39, 0.29) is 12.5 Å². The third-order valence-electron chi connectivity index (χ3n) is 4.76. The Morgan fingerprint density at radius 2 is 1.81 bits per heavy atom. The van der Waals surface area contributed by atoms with Crippen molar-refractivity contribution < 1.29 is 18.7 Å². The average molecular weight is 426 g/mol. The molecular weight excluding hydrogens is 408 g/mol. The second-order valence-electron chi connectivity index (χ2n) is 6.90. The molecule has 7 nitrogen and oxygen atoms in total. The number of rotatable bonds is 6. The molecule has 0 aliphatic carbocycles. The topological polar surface area (TPSA) is 102 Å². The monoisotopic (exact) mass is 426 g/mol.